The molecule has 0 unspecified atom stereocenters. The number of hydrogen-bond acceptors (Lipinski definition) is 5. The summed E-state index contributed by atoms with van der Waals surface area (Å²) in [5, 5.41) is 11.2. The van der Waals surface area contributed by atoms with Crippen LogP contribution in [0.5, 0.6) is 0 Å². The Labute approximate surface area is 201 Å². The van der Waals surface area contributed by atoms with Gasteiger partial charge in [-0.1, -0.05) is 17.7 Å². The molecule has 5 rings (SSSR count). The molecule has 2 aromatic carbocycles. The third-order valence-corrected chi connectivity index (χ3v) is 6.29. The van der Waals surface area contributed by atoms with Crippen molar-refractivity contribution in [3.05, 3.63) is 68.8 Å². The summed E-state index contributed by atoms with van der Waals surface area (Å²) in [6.45, 7) is 6.61. The number of aromatic amines is 1. The zero-order valence-corrected chi connectivity index (χ0v) is 19.0. The second-order valence-corrected chi connectivity index (χ2v) is 8.64. The molecule has 0 saturated carbocycles. The molecule has 178 valence electrons. The van der Waals surface area contributed by atoms with Gasteiger partial charge in [-0.3, -0.25) is 9.48 Å². The van der Waals surface area contributed by atoms with Gasteiger partial charge < -0.3 is 10.6 Å². The highest BCUT2D eigenvalue weighted by atomic mass is 35.5. The van der Waals surface area contributed by atoms with Crippen LogP contribution in [0, 0.1) is 12.4 Å². The van der Waals surface area contributed by atoms with Crippen molar-refractivity contribution in [1.82, 2.24) is 20.0 Å². The van der Waals surface area contributed by atoms with E-state index in [4.69, 9.17) is 23.9 Å². The average molecular weight is 500 g/mol. The number of rotatable bonds is 4. The van der Waals surface area contributed by atoms with Crippen molar-refractivity contribution < 1.29 is 13.2 Å². The van der Waals surface area contributed by atoms with Gasteiger partial charge in [0.1, 0.15) is 5.82 Å². The van der Waals surface area contributed by atoms with Gasteiger partial charge in [-0.25, -0.2) is 23.1 Å². The molecule has 1 saturated heterocycles. The van der Waals surface area contributed by atoms with Gasteiger partial charge in [-0.15, -0.1) is 0 Å². The Morgan fingerprint density at radius 2 is 2.03 bits per heavy atom. The van der Waals surface area contributed by atoms with E-state index in [2.05, 4.69) is 20.1 Å². The topological polar surface area (TPSA) is 97.2 Å². The largest absolute Gasteiger partial charge is 0.368 e. The van der Waals surface area contributed by atoms with Crippen molar-refractivity contribution in [2.45, 2.75) is 12.5 Å². The van der Waals surface area contributed by atoms with Crippen LogP contribution in [0.4, 0.5) is 24.5 Å². The van der Waals surface area contributed by atoms with E-state index in [-0.39, 0.29) is 39.8 Å². The summed E-state index contributed by atoms with van der Waals surface area (Å²) in [5.41, 5.74) is 6.94. The fourth-order valence-corrected chi connectivity index (χ4v) is 4.54. The van der Waals surface area contributed by atoms with Crippen LogP contribution in [-0.2, 0) is 13.6 Å². The van der Waals surface area contributed by atoms with Crippen LogP contribution < -0.4 is 16.2 Å². The lowest BCUT2D eigenvalue weighted by Gasteiger charge is -2.41. The molecule has 8 nitrogen and oxygen atoms in total. The van der Waals surface area contributed by atoms with Crippen LogP contribution in [-0.4, -0.2) is 39.0 Å². The summed E-state index contributed by atoms with van der Waals surface area (Å²) in [5.74, 6) is -3.75. The number of aryl methyl sites for hydroxylation is 1. The van der Waals surface area contributed by atoms with Crippen LogP contribution in [0.2, 0.25) is 5.02 Å². The maximum atomic E-state index is 15.5. The number of aromatic nitrogens is 4. The van der Waals surface area contributed by atoms with Crippen molar-refractivity contribution in [3.63, 3.8) is 0 Å². The van der Waals surface area contributed by atoms with Crippen LogP contribution in [0.1, 0.15) is 5.69 Å². The lowest BCUT2D eigenvalue weighted by atomic mass is 9.96. The monoisotopic (exact) mass is 499 g/mol. The van der Waals surface area contributed by atoms with Gasteiger partial charge in [0.25, 0.3) is 11.5 Å². The third kappa shape index (κ3) is 3.62. The predicted molar refractivity (Wildman–Crippen MR) is 126 cm³/mol. The van der Waals surface area contributed by atoms with Gasteiger partial charge in [0.2, 0.25) is 5.69 Å². The molecule has 0 spiro atoms. The minimum Gasteiger partial charge on any atom is -0.368 e. The normalized spacial score (nSPS) is 14.7. The van der Waals surface area contributed by atoms with E-state index >= 15 is 4.39 Å². The number of fused-ring (bicyclic) bond motifs is 1. The molecule has 1 aliphatic rings. The Kier molecular flexibility index (Phi) is 5.30. The Morgan fingerprint density at radius 3 is 2.69 bits per heavy atom. The molecule has 0 radical (unpaired) electrons. The highest BCUT2D eigenvalue weighted by Crippen LogP contribution is 2.48. The van der Waals surface area contributed by atoms with Crippen molar-refractivity contribution in [2.24, 2.45) is 12.8 Å². The Hall–Kier alpha value is -3.88. The minimum absolute atomic E-state index is 0.0747. The third-order valence-electron chi connectivity index (χ3n) is 6.02. The lowest BCUT2D eigenvalue weighted by molar-refractivity contribution is -0.0261. The second-order valence-electron chi connectivity index (χ2n) is 8.23. The molecule has 2 aromatic heterocycles. The van der Waals surface area contributed by atoms with Gasteiger partial charge in [0, 0.05) is 35.8 Å². The molecule has 4 aromatic rings. The van der Waals surface area contributed by atoms with E-state index in [1.54, 1.807) is 25.2 Å². The van der Waals surface area contributed by atoms with Crippen molar-refractivity contribution in [1.29, 1.82) is 0 Å². The number of H-pyrrole nitrogens is 1. The number of nitrogens with one attached hydrogen (secondary N) is 1. The second kappa shape index (κ2) is 8.11. The highest BCUT2D eigenvalue weighted by Gasteiger charge is 2.45. The quantitative estimate of drug-likeness (QED) is 0.409. The van der Waals surface area contributed by atoms with Crippen LogP contribution >= 0.6 is 11.6 Å². The van der Waals surface area contributed by atoms with E-state index in [1.165, 1.54) is 21.8 Å². The molecular weight excluding hydrogens is 483 g/mol. The zero-order chi connectivity index (χ0) is 25.1. The maximum Gasteiger partial charge on any atom is 0.282 e. The minimum atomic E-state index is -2.89. The summed E-state index contributed by atoms with van der Waals surface area (Å²) < 4.78 is 44.0. The van der Waals surface area contributed by atoms with Gasteiger partial charge in [-0.2, -0.15) is 10.2 Å². The van der Waals surface area contributed by atoms with E-state index < -0.39 is 24.8 Å². The van der Waals surface area contributed by atoms with E-state index in [0.29, 0.717) is 27.6 Å². The van der Waals surface area contributed by atoms with Crippen molar-refractivity contribution in [3.8, 4) is 22.4 Å². The van der Waals surface area contributed by atoms with E-state index in [1.807, 2.05) is 0 Å². The van der Waals surface area contributed by atoms with Gasteiger partial charge in [0.05, 0.1) is 47.7 Å². The number of benzene rings is 2. The first-order valence-electron chi connectivity index (χ1n) is 10.4. The number of halogens is 4. The number of anilines is 1. The smallest absolute Gasteiger partial charge is 0.282 e. The standard InChI is InChI=1S/C23H17ClF3N7O/c1-29-20-17(34-9-23(26,27)10-34)6-15(24)19(25)18(20)21-14(8-30-33(21)2)11-3-4-12-13(5-11)16(7-28)31-32-22(12)35/h3-6,8H,7,9-10,28H2,2H3,(H,32,35). The van der Waals surface area contributed by atoms with Crippen molar-refractivity contribution in [2.75, 3.05) is 18.0 Å². The first-order valence-corrected chi connectivity index (χ1v) is 10.8. The number of nitrogens with zero attached hydrogens (tertiary/aromatic N) is 5. The number of nitrogens with two attached hydrogens (primary N) is 1. The Balaban J connectivity index is 1.75. The van der Waals surface area contributed by atoms with Crippen molar-refractivity contribution >= 4 is 33.7 Å². The van der Waals surface area contributed by atoms with Crippen LogP contribution in [0.3, 0.4) is 0 Å². The predicted octanol–water partition coefficient (Wildman–Crippen LogP) is 4.25. The SMILES string of the molecule is [C-]#[N+]c1c(N2CC(F)(F)C2)cc(Cl)c(F)c1-c1c(-c2ccc3c(=O)[nH]nc(CN)c3c2)cnn1C. The first-order chi connectivity index (χ1) is 16.6. The van der Waals surface area contributed by atoms with Gasteiger partial charge in [-0.05, 0) is 23.8 Å². The Morgan fingerprint density at radius 1 is 1.29 bits per heavy atom. The average Bonchev–Trinajstić information content (AvgIpc) is 3.19. The van der Waals surface area contributed by atoms with Gasteiger partial charge >= 0.3 is 0 Å². The zero-order valence-electron chi connectivity index (χ0n) is 18.2. The van der Waals surface area contributed by atoms with Crippen LogP contribution in [0.15, 0.2) is 35.3 Å². The summed E-state index contributed by atoms with van der Waals surface area (Å²) in [7, 11) is 1.57. The molecule has 12 heteroatoms. The molecule has 0 bridgehead atoms. The maximum absolute atomic E-state index is 15.5. The summed E-state index contributed by atoms with van der Waals surface area (Å²) in [6, 6.07) is 6.14. The highest BCUT2D eigenvalue weighted by molar-refractivity contribution is 6.31. The molecular formula is C23H17ClF3N7O. The summed E-state index contributed by atoms with van der Waals surface area (Å²) >= 11 is 6.16. The molecule has 0 amide bonds. The lowest BCUT2D eigenvalue weighted by Crippen LogP contribution is -2.56. The van der Waals surface area contributed by atoms with Gasteiger partial charge in [0.15, 0.2) is 0 Å². The molecule has 1 fully saturated rings. The molecule has 1 aliphatic heterocycles. The Bertz CT molecular complexity index is 1600. The van der Waals surface area contributed by atoms with E-state index in [0.717, 1.165) is 0 Å². The number of alkyl halides is 2. The summed E-state index contributed by atoms with van der Waals surface area (Å²) in [4.78, 5) is 17.0. The first kappa shape index (κ1) is 22.9. The fourth-order valence-electron chi connectivity index (χ4n) is 4.34. The number of hydrogen-bond donors (Lipinski definition) is 2. The summed E-state index contributed by atoms with van der Waals surface area (Å²) in [6.07, 6.45) is 1.49. The van der Waals surface area contributed by atoms with Crippen LogP contribution in [0.25, 0.3) is 38.0 Å². The van der Waals surface area contributed by atoms with E-state index in [9.17, 15) is 13.6 Å². The molecule has 35 heavy (non-hydrogen) atoms. The fraction of sp³-hybridized carbons (Fsp3) is 0.217. The molecule has 0 atom stereocenters. The molecule has 0 aliphatic carbocycles. The molecule has 3 heterocycles. The molecule has 3 N–H and O–H groups in total.